The second-order valence-corrected chi connectivity index (χ2v) is 5.41. The lowest BCUT2D eigenvalue weighted by Gasteiger charge is -2.27. The number of hydrogen-bond donors (Lipinski definition) is 2. The Hall–Kier alpha value is -0.540. The number of rotatable bonds is 1. The van der Waals surface area contributed by atoms with Crippen LogP contribution < -0.4 is 5.73 Å². The van der Waals surface area contributed by atoms with Crippen molar-refractivity contribution in [1.29, 1.82) is 0 Å². The van der Waals surface area contributed by atoms with Crippen LogP contribution in [0.4, 0.5) is 0 Å². The van der Waals surface area contributed by atoms with Gasteiger partial charge in [-0.25, -0.2) is 0 Å². The van der Waals surface area contributed by atoms with E-state index < -0.39 is 0 Å². The topological polar surface area (TPSA) is 46.2 Å². The second kappa shape index (κ2) is 3.91. The average Bonchev–Trinajstić information content (AvgIpc) is 2.07. The Bertz CT molecular complexity index is 331. The van der Waals surface area contributed by atoms with E-state index in [-0.39, 0.29) is 17.2 Å². The molecule has 2 nitrogen and oxygen atoms in total. The highest BCUT2D eigenvalue weighted by molar-refractivity contribution is 9.10. The largest absolute Gasteiger partial charge is 0.507 e. The summed E-state index contributed by atoms with van der Waals surface area (Å²) < 4.78 is 0.690. The summed E-state index contributed by atoms with van der Waals surface area (Å²) in [5.41, 5.74) is 7.14. The van der Waals surface area contributed by atoms with Crippen LogP contribution in [-0.2, 0) is 0 Å². The van der Waals surface area contributed by atoms with Gasteiger partial charge in [-0.05, 0) is 39.0 Å². The van der Waals surface area contributed by atoms with Crippen LogP contribution in [0, 0.1) is 5.41 Å². The maximum Gasteiger partial charge on any atom is 0.129 e. The van der Waals surface area contributed by atoms with Gasteiger partial charge in [0.25, 0.3) is 0 Å². The van der Waals surface area contributed by atoms with Gasteiger partial charge in [-0.3, -0.25) is 0 Å². The van der Waals surface area contributed by atoms with Gasteiger partial charge in [0.1, 0.15) is 5.75 Å². The first-order valence-electron chi connectivity index (χ1n) is 4.56. The molecule has 1 atom stereocenters. The maximum atomic E-state index is 9.34. The van der Waals surface area contributed by atoms with Crippen LogP contribution in [0.15, 0.2) is 22.7 Å². The maximum absolute atomic E-state index is 9.34. The third-order valence-corrected chi connectivity index (χ3v) is 2.90. The van der Waals surface area contributed by atoms with Crippen LogP contribution in [0.5, 0.6) is 5.75 Å². The number of aromatic hydroxyl groups is 1. The van der Waals surface area contributed by atoms with Crippen LogP contribution in [0.25, 0.3) is 0 Å². The smallest absolute Gasteiger partial charge is 0.129 e. The summed E-state index contributed by atoms with van der Waals surface area (Å²) >= 11 is 3.28. The molecule has 14 heavy (non-hydrogen) atoms. The van der Waals surface area contributed by atoms with E-state index >= 15 is 0 Å². The van der Waals surface area contributed by atoms with Crippen molar-refractivity contribution in [3.63, 3.8) is 0 Å². The van der Waals surface area contributed by atoms with Crippen molar-refractivity contribution in [1.82, 2.24) is 0 Å². The number of phenolic OH excluding ortho intramolecular Hbond substituents is 1. The molecule has 0 saturated heterocycles. The molecule has 0 aromatic heterocycles. The summed E-state index contributed by atoms with van der Waals surface area (Å²) in [6.45, 7) is 6.29. The van der Waals surface area contributed by atoms with Gasteiger partial charge < -0.3 is 10.8 Å². The molecule has 1 rings (SSSR count). The van der Waals surface area contributed by atoms with Crippen LogP contribution in [0.1, 0.15) is 32.4 Å². The first-order chi connectivity index (χ1) is 6.32. The SMILES string of the molecule is CC(C)(C)C(N)c1ccc(O)c(Br)c1. The molecule has 0 aliphatic carbocycles. The van der Waals surface area contributed by atoms with Gasteiger partial charge in [0.2, 0.25) is 0 Å². The zero-order valence-corrected chi connectivity index (χ0v) is 10.3. The van der Waals surface area contributed by atoms with Gasteiger partial charge in [-0.15, -0.1) is 0 Å². The molecule has 0 bridgehead atoms. The molecule has 0 aliphatic heterocycles. The fourth-order valence-electron chi connectivity index (χ4n) is 1.22. The molecule has 0 aliphatic rings. The van der Waals surface area contributed by atoms with Crippen molar-refractivity contribution in [3.05, 3.63) is 28.2 Å². The highest BCUT2D eigenvalue weighted by atomic mass is 79.9. The Kier molecular flexibility index (Phi) is 3.22. The van der Waals surface area contributed by atoms with Gasteiger partial charge in [0.05, 0.1) is 4.47 Å². The van der Waals surface area contributed by atoms with Gasteiger partial charge in [-0.1, -0.05) is 26.8 Å². The lowest BCUT2D eigenvalue weighted by atomic mass is 9.83. The highest BCUT2D eigenvalue weighted by Gasteiger charge is 2.22. The number of hydrogen-bond acceptors (Lipinski definition) is 2. The summed E-state index contributed by atoms with van der Waals surface area (Å²) in [6.07, 6.45) is 0. The molecule has 0 radical (unpaired) electrons. The second-order valence-electron chi connectivity index (χ2n) is 4.55. The lowest BCUT2D eigenvalue weighted by Crippen LogP contribution is -2.26. The van der Waals surface area contributed by atoms with Gasteiger partial charge >= 0.3 is 0 Å². The molecule has 1 unspecified atom stereocenters. The highest BCUT2D eigenvalue weighted by Crippen LogP contribution is 2.33. The predicted octanol–water partition coefficient (Wildman–Crippen LogP) is 3.20. The molecule has 0 heterocycles. The fourth-order valence-corrected chi connectivity index (χ4v) is 1.61. The molecular formula is C11H16BrNO. The summed E-state index contributed by atoms with van der Waals surface area (Å²) in [5.74, 6) is 0.245. The first-order valence-corrected chi connectivity index (χ1v) is 5.35. The summed E-state index contributed by atoms with van der Waals surface area (Å²) in [7, 11) is 0. The number of benzene rings is 1. The minimum absolute atomic E-state index is 0.0242. The molecule has 78 valence electrons. The molecular weight excluding hydrogens is 242 g/mol. The quantitative estimate of drug-likeness (QED) is 0.812. The Morgan fingerprint density at radius 3 is 2.36 bits per heavy atom. The molecule has 0 saturated carbocycles. The van der Waals surface area contributed by atoms with E-state index in [1.807, 2.05) is 12.1 Å². The molecule has 0 amide bonds. The van der Waals surface area contributed by atoms with Crippen molar-refractivity contribution in [3.8, 4) is 5.75 Å². The Morgan fingerprint density at radius 2 is 1.93 bits per heavy atom. The van der Waals surface area contributed by atoms with E-state index in [4.69, 9.17) is 5.73 Å². The van der Waals surface area contributed by atoms with Crippen LogP contribution in [0.3, 0.4) is 0 Å². The Balaban J connectivity index is 3.03. The first kappa shape index (κ1) is 11.5. The average molecular weight is 258 g/mol. The molecule has 0 fully saturated rings. The Labute approximate surface area is 93.3 Å². The minimum atomic E-state index is -0.0283. The number of nitrogens with two attached hydrogens (primary N) is 1. The van der Waals surface area contributed by atoms with E-state index in [9.17, 15) is 5.11 Å². The van der Waals surface area contributed by atoms with Crippen molar-refractivity contribution in [2.75, 3.05) is 0 Å². The molecule has 0 spiro atoms. The zero-order chi connectivity index (χ0) is 10.9. The van der Waals surface area contributed by atoms with E-state index in [0.717, 1.165) is 5.56 Å². The fraction of sp³-hybridized carbons (Fsp3) is 0.455. The van der Waals surface area contributed by atoms with Gasteiger partial charge in [-0.2, -0.15) is 0 Å². The van der Waals surface area contributed by atoms with E-state index in [2.05, 4.69) is 36.7 Å². The monoisotopic (exact) mass is 257 g/mol. The van der Waals surface area contributed by atoms with Crippen molar-refractivity contribution < 1.29 is 5.11 Å². The van der Waals surface area contributed by atoms with Gasteiger partial charge in [0.15, 0.2) is 0 Å². The van der Waals surface area contributed by atoms with Crippen LogP contribution >= 0.6 is 15.9 Å². The predicted molar refractivity (Wildman–Crippen MR) is 62.2 cm³/mol. The zero-order valence-electron chi connectivity index (χ0n) is 8.71. The molecule has 3 N–H and O–H groups in total. The van der Waals surface area contributed by atoms with E-state index in [1.54, 1.807) is 6.07 Å². The van der Waals surface area contributed by atoms with Crippen LogP contribution in [0.2, 0.25) is 0 Å². The third-order valence-electron chi connectivity index (χ3n) is 2.26. The van der Waals surface area contributed by atoms with Crippen LogP contribution in [-0.4, -0.2) is 5.11 Å². The van der Waals surface area contributed by atoms with E-state index in [1.165, 1.54) is 0 Å². The summed E-state index contributed by atoms with van der Waals surface area (Å²) in [5, 5.41) is 9.34. The van der Waals surface area contributed by atoms with Crippen molar-refractivity contribution in [2.24, 2.45) is 11.1 Å². The standard InChI is InChI=1S/C11H16BrNO/c1-11(2,3)10(13)7-4-5-9(14)8(12)6-7/h4-6,10,14H,13H2,1-3H3. The molecule has 1 aromatic carbocycles. The number of phenols is 1. The van der Waals surface area contributed by atoms with Gasteiger partial charge in [0, 0.05) is 6.04 Å². The van der Waals surface area contributed by atoms with E-state index in [0.29, 0.717) is 4.47 Å². The van der Waals surface area contributed by atoms with Crippen molar-refractivity contribution in [2.45, 2.75) is 26.8 Å². The summed E-state index contributed by atoms with van der Waals surface area (Å²) in [4.78, 5) is 0. The van der Waals surface area contributed by atoms with Crippen molar-refractivity contribution >= 4 is 15.9 Å². The Morgan fingerprint density at radius 1 is 1.36 bits per heavy atom. The summed E-state index contributed by atoms with van der Waals surface area (Å²) in [6, 6.07) is 5.35. The molecule has 3 heteroatoms. The normalized spacial score (nSPS) is 14.1. The lowest BCUT2D eigenvalue weighted by molar-refractivity contribution is 0.326. The minimum Gasteiger partial charge on any atom is -0.507 e. The third kappa shape index (κ3) is 2.49. The number of halogens is 1. The molecule has 1 aromatic rings.